The molecule has 25 heavy (non-hydrogen) atoms. The number of hydrogen-bond acceptors (Lipinski definition) is 5. The third-order valence-electron chi connectivity index (χ3n) is 3.52. The minimum Gasteiger partial charge on any atom is -0.325 e. The lowest BCUT2D eigenvalue weighted by molar-refractivity contribution is -0.115. The quantitative estimate of drug-likeness (QED) is 0.756. The van der Waals surface area contributed by atoms with Crippen molar-refractivity contribution in [3.63, 3.8) is 0 Å². The van der Waals surface area contributed by atoms with Gasteiger partial charge in [0.05, 0.1) is 10.6 Å². The molecule has 1 heterocycles. The zero-order valence-corrected chi connectivity index (χ0v) is 14.6. The maximum absolute atomic E-state index is 12.4. The van der Waals surface area contributed by atoms with E-state index in [-0.39, 0.29) is 10.8 Å². The molecule has 0 aliphatic carbocycles. The van der Waals surface area contributed by atoms with Gasteiger partial charge in [-0.3, -0.25) is 9.59 Å². The Hall–Kier alpha value is -2.36. The molecular formula is C16H15N3O4S2. The standard InChI is InChI=1S/C16H15N3O4S2/c17-25(22,23)12-3-1-2-11(9-12)18-16(21)10-4-5-14-13(8-10)19-15(20)6-7-24-14/h1-5,8-9H,6-7H2,(H,18,21)(H,19,20)(H2,17,22,23). The van der Waals surface area contributed by atoms with E-state index in [1.54, 1.807) is 36.0 Å². The van der Waals surface area contributed by atoms with Crippen LogP contribution in [0.5, 0.6) is 0 Å². The van der Waals surface area contributed by atoms with Crippen molar-refractivity contribution in [2.75, 3.05) is 16.4 Å². The molecule has 0 spiro atoms. The lowest BCUT2D eigenvalue weighted by Crippen LogP contribution is -2.15. The van der Waals surface area contributed by atoms with E-state index in [0.29, 0.717) is 29.1 Å². The summed E-state index contributed by atoms with van der Waals surface area (Å²) in [5.74, 6) is 0.174. The molecule has 2 aromatic carbocycles. The predicted octanol–water partition coefficient (Wildman–Crippen LogP) is 2.02. The van der Waals surface area contributed by atoms with Crippen LogP contribution in [0.25, 0.3) is 0 Å². The maximum atomic E-state index is 12.4. The first kappa shape index (κ1) is 17.5. The van der Waals surface area contributed by atoms with Crippen molar-refractivity contribution >= 4 is 45.0 Å². The maximum Gasteiger partial charge on any atom is 0.255 e. The molecule has 0 bridgehead atoms. The summed E-state index contributed by atoms with van der Waals surface area (Å²) in [6, 6.07) is 10.7. The van der Waals surface area contributed by atoms with E-state index in [2.05, 4.69) is 10.6 Å². The van der Waals surface area contributed by atoms with Crippen molar-refractivity contribution in [1.82, 2.24) is 0 Å². The van der Waals surface area contributed by atoms with Gasteiger partial charge in [-0.25, -0.2) is 13.6 Å². The zero-order valence-electron chi connectivity index (χ0n) is 13.0. The highest BCUT2D eigenvalue weighted by atomic mass is 32.2. The van der Waals surface area contributed by atoms with Crippen molar-refractivity contribution in [3.8, 4) is 0 Å². The summed E-state index contributed by atoms with van der Waals surface area (Å²) in [7, 11) is -3.85. The molecule has 4 N–H and O–H groups in total. The minimum atomic E-state index is -3.85. The van der Waals surface area contributed by atoms with E-state index in [0.717, 1.165) is 4.90 Å². The van der Waals surface area contributed by atoms with Gasteiger partial charge in [0.25, 0.3) is 5.91 Å². The number of carbonyl (C=O) groups excluding carboxylic acids is 2. The first-order chi connectivity index (χ1) is 11.8. The summed E-state index contributed by atoms with van der Waals surface area (Å²) in [6.07, 6.45) is 0.418. The molecule has 0 fully saturated rings. The molecule has 0 radical (unpaired) electrons. The van der Waals surface area contributed by atoms with Crippen LogP contribution in [-0.2, 0) is 14.8 Å². The van der Waals surface area contributed by atoms with E-state index in [4.69, 9.17) is 5.14 Å². The topological polar surface area (TPSA) is 118 Å². The first-order valence-corrected chi connectivity index (χ1v) is 9.87. The zero-order chi connectivity index (χ0) is 18.0. The summed E-state index contributed by atoms with van der Waals surface area (Å²) >= 11 is 1.55. The lowest BCUT2D eigenvalue weighted by atomic mass is 10.1. The van der Waals surface area contributed by atoms with Gasteiger partial charge in [-0.1, -0.05) is 6.07 Å². The van der Waals surface area contributed by atoms with Gasteiger partial charge >= 0.3 is 0 Å². The fraction of sp³-hybridized carbons (Fsp3) is 0.125. The van der Waals surface area contributed by atoms with Crippen LogP contribution in [0.2, 0.25) is 0 Å². The molecule has 0 aromatic heterocycles. The number of nitrogens with two attached hydrogens (primary N) is 1. The number of thioether (sulfide) groups is 1. The number of primary sulfonamides is 1. The molecule has 2 aromatic rings. The Morgan fingerprint density at radius 2 is 2.00 bits per heavy atom. The van der Waals surface area contributed by atoms with E-state index >= 15 is 0 Å². The smallest absolute Gasteiger partial charge is 0.255 e. The highest BCUT2D eigenvalue weighted by molar-refractivity contribution is 7.99. The van der Waals surface area contributed by atoms with E-state index in [1.165, 1.54) is 18.2 Å². The SMILES string of the molecule is NS(=O)(=O)c1cccc(NC(=O)c2ccc3c(c2)NC(=O)CCS3)c1. The van der Waals surface area contributed by atoms with Crippen LogP contribution >= 0.6 is 11.8 Å². The van der Waals surface area contributed by atoms with Crippen LogP contribution in [0.1, 0.15) is 16.8 Å². The summed E-state index contributed by atoms with van der Waals surface area (Å²) in [4.78, 5) is 24.9. The highest BCUT2D eigenvalue weighted by Gasteiger charge is 2.16. The van der Waals surface area contributed by atoms with Crippen LogP contribution in [0.3, 0.4) is 0 Å². The van der Waals surface area contributed by atoms with Crippen LogP contribution in [0.15, 0.2) is 52.3 Å². The molecule has 2 amide bonds. The Labute approximate surface area is 149 Å². The van der Waals surface area contributed by atoms with Crippen molar-refractivity contribution < 1.29 is 18.0 Å². The highest BCUT2D eigenvalue weighted by Crippen LogP contribution is 2.31. The molecule has 0 unspecified atom stereocenters. The van der Waals surface area contributed by atoms with Crippen LogP contribution < -0.4 is 15.8 Å². The second kappa shape index (κ2) is 6.87. The molecule has 0 saturated carbocycles. The molecule has 9 heteroatoms. The van der Waals surface area contributed by atoms with Gasteiger partial charge < -0.3 is 10.6 Å². The fourth-order valence-corrected chi connectivity index (χ4v) is 3.81. The molecule has 0 atom stereocenters. The normalized spacial score (nSPS) is 14.2. The average molecular weight is 377 g/mol. The molecule has 0 saturated heterocycles. The van der Waals surface area contributed by atoms with E-state index < -0.39 is 15.9 Å². The van der Waals surface area contributed by atoms with Gasteiger partial charge in [0.2, 0.25) is 15.9 Å². The summed E-state index contributed by atoms with van der Waals surface area (Å²) in [5, 5.41) is 10.5. The van der Waals surface area contributed by atoms with Crippen molar-refractivity contribution in [3.05, 3.63) is 48.0 Å². The van der Waals surface area contributed by atoms with E-state index in [9.17, 15) is 18.0 Å². The molecule has 1 aliphatic rings. The van der Waals surface area contributed by atoms with Gasteiger partial charge in [0, 0.05) is 28.3 Å². The lowest BCUT2D eigenvalue weighted by Gasteiger charge is -2.10. The third kappa shape index (κ3) is 4.19. The Kier molecular flexibility index (Phi) is 4.80. The molecule has 130 valence electrons. The summed E-state index contributed by atoms with van der Waals surface area (Å²) < 4.78 is 22.8. The van der Waals surface area contributed by atoms with Gasteiger partial charge in [0.1, 0.15) is 0 Å². The van der Waals surface area contributed by atoms with Crippen molar-refractivity contribution in [2.45, 2.75) is 16.2 Å². The van der Waals surface area contributed by atoms with E-state index in [1.807, 2.05) is 0 Å². The number of nitrogens with one attached hydrogen (secondary N) is 2. The molecule has 7 nitrogen and oxygen atoms in total. The van der Waals surface area contributed by atoms with Crippen molar-refractivity contribution in [1.29, 1.82) is 0 Å². The predicted molar refractivity (Wildman–Crippen MR) is 96.2 cm³/mol. The van der Waals surface area contributed by atoms with Gasteiger partial charge in [0.15, 0.2) is 0 Å². The summed E-state index contributed by atoms with van der Waals surface area (Å²) in [6.45, 7) is 0. The number of sulfonamides is 1. The Morgan fingerprint density at radius 3 is 2.76 bits per heavy atom. The van der Waals surface area contributed by atoms with Crippen molar-refractivity contribution in [2.24, 2.45) is 5.14 Å². The fourth-order valence-electron chi connectivity index (χ4n) is 2.32. The Balaban J connectivity index is 1.84. The second-order valence-corrected chi connectivity index (χ2v) is 8.08. The number of fused-ring (bicyclic) bond motifs is 1. The number of carbonyl (C=O) groups is 2. The van der Waals surface area contributed by atoms with Gasteiger partial charge in [-0.2, -0.15) is 0 Å². The number of anilines is 2. The third-order valence-corrected chi connectivity index (χ3v) is 5.51. The van der Waals surface area contributed by atoms with Gasteiger partial charge in [-0.15, -0.1) is 11.8 Å². The minimum absolute atomic E-state index is 0.0871. The van der Waals surface area contributed by atoms with Crippen LogP contribution in [-0.4, -0.2) is 26.0 Å². The Morgan fingerprint density at radius 1 is 1.20 bits per heavy atom. The number of amides is 2. The second-order valence-electron chi connectivity index (χ2n) is 5.38. The molecule has 3 rings (SSSR count). The summed E-state index contributed by atoms with van der Waals surface area (Å²) in [5.41, 5.74) is 1.26. The monoisotopic (exact) mass is 377 g/mol. The van der Waals surface area contributed by atoms with Crippen LogP contribution in [0, 0.1) is 0 Å². The van der Waals surface area contributed by atoms with Gasteiger partial charge in [-0.05, 0) is 36.4 Å². The Bertz CT molecular complexity index is 958. The van der Waals surface area contributed by atoms with Crippen LogP contribution in [0.4, 0.5) is 11.4 Å². The molecule has 1 aliphatic heterocycles. The number of hydrogen-bond donors (Lipinski definition) is 3. The first-order valence-electron chi connectivity index (χ1n) is 7.34. The largest absolute Gasteiger partial charge is 0.325 e. The number of rotatable bonds is 3. The molecular weight excluding hydrogens is 362 g/mol. The average Bonchev–Trinajstić information content (AvgIpc) is 2.74. The number of benzene rings is 2.